The first-order valence-electron chi connectivity index (χ1n) is 14.7. The van der Waals surface area contributed by atoms with Gasteiger partial charge >= 0.3 is 0 Å². The molecular formula is C34H48O2. The van der Waals surface area contributed by atoms with Crippen molar-refractivity contribution in [1.82, 2.24) is 0 Å². The van der Waals surface area contributed by atoms with E-state index in [1.165, 1.54) is 37.7 Å². The maximum atomic E-state index is 6.42. The van der Waals surface area contributed by atoms with E-state index in [4.69, 9.17) is 9.47 Å². The average molecular weight is 489 g/mol. The molecule has 2 fully saturated rings. The molecule has 0 radical (unpaired) electrons. The Bertz CT molecular complexity index is 1010. The number of hydrogen-bond acceptors (Lipinski definition) is 2. The molecule has 196 valence electrons. The summed E-state index contributed by atoms with van der Waals surface area (Å²) in [5.41, 5.74) is 5.42. The second-order valence-corrected chi connectivity index (χ2v) is 13.3. The zero-order valence-electron chi connectivity index (χ0n) is 23.6. The highest BCUT2D eigenvalue weighted by Gasteiger charge is 2.68. The highest BCUT2D eigenvalue weighted by Crippen LogP contribution is 2.77. The average Bonchev–Trinajstić information content (AvgIpc) is 3.23. The van der Waals surface area contributed by atoms with Crippen molar-refractivity contribution < 1.29 is 9.47 Å². The van der Waals surface area contributed by atoms with E-state index >= 15 is 0 Å². The molecule has 2 nitrogen and oxygen atoms in total. The minimum absolute atomic E-state index is 0.216. The maximum absolute atomic E-state index is 6.42. The van der Waals surface area contributed by atoms with E-state index in [2.05, 4.69) is 90.1 Å². The lowest BCUT2D eigenvalue weighted by Crippen LogP contribution is -2.24. The van der Waals surface area contributed by atoms with Gasteiger partial charge in [0, 0.05) is 6.61 Å². The molecular weight excluding hydrogens is 440 g/mol. The smallest absolute Gasteiger partial charge is 0.120 e. The molecule has 4 unspecified atom stereocenters. The summed E-state index contributed by atoms with van der Waals surface area (Å²) in [6.07, 6.45) is 8.87. The minimum Gasteiger partial charge on any atom is -0.491 e. The summed E-state index contributed by atoms with van der Waals surface area (Å²) in [5.74, 6) is 3.93. The van der Waals surface area contributed by atoms with Crippen molar-refractivity contribution in [2.45, 2.75) is 116 Å². The van der Waals surface area contributed by atoms with Crippen LogP contribution in [0.2, 0.25) is 0 Å². The Morgan fingerprint density at radius 3 is 2.39 bits per heavy atom. The van der Waals surface area contributed by atoms with Crippen LogP contribution < -0.4 is 4.74 Å². The Morgan fingerprint density at radius 2 is 1.69 bits per heavy atom. The summed E-state index contributed by atoms with van der Waals surface area (Å²) >= 11 is 0. The fourth-order valence-corrected chi connectivity index (χ4v) is 7.59. The van der Waals surface area contributed by atoms with Gasteiger partial charge in [0.1, 0.15) is 5.75 Å². The van der Waals surface area contributed by atoms with Crippen molar-refractivity contribution in [2.24, 2.45) is 16.7 Å². The van der Waals surface area contributed by atoms with Gasteiger partial charge < -0.3 is 9.47 Å². The number of ether oxygens (including phenoxy) is 2. The largest absolute Gasteiger partial charge is 0.491 e. The highest BCUT2D eigenvalue weighted by atomic mass is 16.5. The molecule has 5 rings (SSSR count). The van der Waals surface area contributed by atoms with Crippen LogP contribution in [0.25, 0.3) is 0 Å². The molecule has 2 saturated carbocycles. The molecule has 0 bridgehead atoms. The molecule has 36 heavy (non-hydrogen) atoms. The topological polar surface area (TPSA) is 18.5 Å². The third kappa shape index (κ3) is 5.00. The van der Waals surface area contributed by atoms with E-state index in [9.17, 15) is 0 Å². The molecule has 0 aliphatic heterocycles. The Morgan fingerprint density at radius 1 is 0.972 bits per heavy atom. The van der Waals surface area contributed by atoms with Gasteiger partial charge in [-0.25, -0.2) is 0 Å². The van der Waals surface area contributed by atoms with Gasteiger partial charge in [0.15, 0.2) is 0 Å². The van der Waals surface area contributed by atoms with Crippen molar-refractivity contribution in [3.05, 3.63) is 65.2 Å². The summed E-state index contributed by atoms with van der Waals surface area (Å²) in [7, 11) is 0. The van der Waals surface area contributed by atoms with Gasteiger partial charge in [0.2, 0.25) is 0 Å². The van der Waals surface area contributed by atoms with Crippen LogP contribution in [-0.4, -0.2) is 18.8 Å². The van der Waals surface area contributed by atoms with E-state index in [1.54, 1.807) is 11.1 Å². The summed E-state index contributed by atoms with van der Waals surface area (Å²) in [4.78, 5) is 0. The highest BCUT2D eigenvalue weighted by molar-refractivity contribution is 5.53. The first-order chi connectivity index (χ1) is 17.2. The summed E-state index contributed by atoms with van der Waals surface area (Å²) in [6.45, 7) is 15.3. The molecule has 2 heteroatoms. The Labute approximate surface area is 220 Å². The quantitative estimate of drug-likeness (QED) is 0.310. The number of benzene rings is 2. The molecule has 0 saturated heterocycles. The third-order valence-electron chi connectivity index (χ3n) is 10.1. The molecule has 4 atom stereocenters. The van der Waals surface area contributed by atoms with Crippen LogP contribution in [0, 0.1) is 16.7 Å². The molecule has 0 spiro atoms. The van der Waals surface area contributed by atoms with E-state index in [0.29, 0.717) is 34.7 Å². The monoisotopic (exact) mass is 488 g/mol. The van der Waals surface area contributed by atoms with Crippen molar-refractivity contribution in [3.8, 4) is 5.75 Å². The van der Waals surface area contributed by atoms with E-state index in [0.717, 1.165) is 31.1 Å². The van der Waals surface area contributed by atoms with E-state index < -0.39 is 0 Å². The zero-order valence-corrected chi connectivity index (χ0v) is 23.6. The molecule has 3 aliphatic rings. The maximum Gasteiger partial charge on any atom is 0.120 e. The van der Waals surface area contributed by atoms with Gasteiger partial charge in [-0.3, -0.25) is 0 Å². The van der Waals surface area contributed by atoms with Crippen LogP contribution >= 0.6 is 0 Å². The lowest BCUT2D eigenvalue weighted by atomic mass is 9.70. The Hall–Kier alpha value is -1.80. The fourth-order valence-electron chi connectivity index (χ4n) is 7.59. The first-order valence-corrected chi connectivity index (χ1v) is 14.7. The van der Waals surface area contributed by atoms with E-state index in [-0.39, 0.29) is 6.10 Å². The van der Waals surface area contributed by atoms with Gasteiger partial charge in [0.25, 0.3) is 0 Å². The molecule has 2 aromatic carbocycles. The summed E-state index contributed by atoms with van der Waals surface area (Å²) in [6, 6.07) is 18.0. The van der Waals surface area contributed by atoms with Crippen LogP contribution in [0.1, 0.15) is 121 Å². The number of hydrogen-bond donors (Lipinski definition) is 0. The summed E-state index contributed by atoms with van der Waals surface area (Å²) < 4.78 is 12.7. The SMILES string of the molecule is CCC(C)(C)C1c2ccc(OC(C)CCCOC3CCC(c4ccccc4)CC3)cc2C2C1C2(C)C. The fraction of sp³-hybridized carbons (Fsp3) is 0.647. The number of fused-ring (bicyclic) bond motifs is 3. The third-order valence-corrected chi connectivity index (χ3v) is 10.1. The second-order valence-electron chi connectivity index (χ2n) is 13.3. The first kappa shape index (κ1) is 25.8. The van der Waals surface area contributed by atoms with Crippen molar-refractivity contribution >= 4 is 0 Å². The minimum atomic E-state index is 0.216. The van der Waals surface area contributed by atoms with Crippen molar-refractivity contribution in [3.63, 3.8) is 0 Å². The standard InChI is InChI=1S/C34H48O2/c1-7-33(3,4)30-28-20-19-27(22-29(28)31-32(30)34(31,5)6)36-23(2)12-11-21-35-26-17-15-25(16-18-26)24-13-9-8-10-14-24/h8-10,13-14,19-20,22-23,25-26,30-32H,7,11-12,15-18,21H2,1-6H3. The van der Waals surface area contributed by atoms with Crippen LogP contribution in [-0.2, 0) is 4.74 Å². The Kier molecular flexibility index (Phi) is 7.29. The lowest BCUT2D eigenvalue weighted by Gasteiger charge is -2.35. The molecule has 0 aromatic heterocycles. The molecule has 0 heterocycles. The van der Waals surface area contributed by atoms with Crippen LogP contribution in [0.5, 0.6) is 5.75 Å². The molecule has 0 N–H and O–H groups in total. The van der Waals surface area contributed by atoms with Gasteiger partial charge in [-0.15, -0.1) is 0 Å². The predicted octanol–water partition coefficient (Wildman–Crippen LogP) is 9.25. The van der Waals surface area contributed by atoms with Gasteiger partial charge in [-0.1, -0.05) is 77.4 Å². The van der Waals surface area contributed by atoms with Crippen LogP contribution in [0.4, 0.5) is 0 Å². The Balaban J connectivity index is 1.08. The molecule has 2 aromatic rings. The van der Waals surface area contributed by atoms with Gasteiger partial charge in [-0.05, 0) is 109 Å². The zero-order chi connectivity index (χ0) is 25.5. The molecule has 0 amide bonds. The lowest BCUT2D eigenvalue weighted by molar-refractivity contribution is 0.0195. The van der Waals surface area contributed by atoms with Crippen molar-refractivity contribution in [1.29, 1.82) is 0 Å². The predicted molar refractivity (Wildman–Crippen MR) is 150 cm³/mol. The second kappa shape index (κ2) is 10.2. The normalized spacial score (nSPS) is 29.3. The van der Waals surface area contributed by atoms with Crippen molar-refractivity contribution in [2.75, 3.05) is 6.61 Å². The van der Waals surface area contributed by atoms with Gasteiger partial charge in [-0.2, -0.15) is 0 Å². The van der Waals surface area contributed by atoms with Crippen LogP contribution in [0.3, 0.4) is 0 Å². The van der Waals surface area contributed by atoms with Crippen LogP contribution in [0.15, 0.2) is 48.5 Å². The molecule has 3 aliphatic carbocycles. The number of rotatable bonds is 10. The summed E-state index contributed by atoms with van der Waals surface area (Å²) in [5, 5.41) is 0. The van der Waals surface area contributed by atoms with E-state index in [1.807, 2.05) is 0 Å². The van der Waals surface area contributed by atoms with Gasteiger partial charge in [0.05, 0.1) is 12.2 Å².